The third kappa shape index (κ3) is 0.769. The molecule has 10 heavy (non-hydrogen) atoms. The van der Waals surface area contributed by atoms with Crippen LogP contribution in [0.2, 0.25) is 0 Å². The maximum atomic E-state index is 5.64. The van der Waals surface area contributed by atoms with Gasteiger partial charge in [0.15, 0.2) is 0 Å². The molecule has 0 spiro atoms. The van der Waals surface area contributed by atoms with Gasteiger partial charge in [0.25, 0.3) is 0 Å². The maximum Gasteiger partial charge on any atom is 0.212 e. The van der Waals surface area contributed by atoms with Crippen LogP contribution in [0.3, 0.4) is 0 Å². The largest absolute Gasteiger partial charge is 0.476 e. The Morgan fingerprint density at radius 2 is 2.70 bits per heavy atom. The Bertz CT molecular complexity index is 233. The lowest BCUT2D eigenvalue weighted by atomic mass is 10.1. The Kier molecular flexibility index (Phi) is 1.14. The summed E-state index contributed by atoms with van der Waals surface area (Å²) in [5.41, 5.74) is 6.72. The molecule has 0 aliphatic carbocycles. The van der Waals surface area contributed by atoms with E-state index in [2.05, 4.69) is 10.2 Å². The van der Waals surface area contributed by atoms with E-state index in [9.17, 15) is 0 Å². The minimum Gasteiger partial charge on any atom is -0.476 e. The summed E-state index contributed by atoms with van der Waals surface area (Å²) in [7, 11) is 0. The van der Waals surface area contributed by atoms with Gasteiger partial charge >= 0.3 is 0 Å². The van der Waals surface area contributed by atoms with Crippen molar-refractivity contribution in [1.82, 2.24) is 10.2 Å². The van der Waals surface area contributed by atoms with E-state index >= 15 is 0 Å². The van der Waals surface area contributed by atoms with Gasteiger partial charge in [0.1, 0.15) is 6.61 Å². The molecule has 1 unspecified atom stereocenters. The first-order chi connectivity index (χ1) is 4.86. The number of nitrogens with zero attached hydrogens (tertiary/aromatic N) is 1. The fraction of sp³-hybridized carbons (Fsp3) is 0.500. The van der Waals surface area contributed by atoms with Gasteiger partial charge in [-0.25, -0.2) is 5.10 Å². The van der Waals surface area contributed by atoms with E-state index in [4.69, 9.17) is 10.5 Å². The molecule has 3 N–H and O–H groups in total. The van der Waals surface area contributed by atoms with Gasteiger partial charge in [0, 0.05) is 11.6 Å². The van der Waals surface area contributed by atoms with Crippen molar-refractivity contribution in [2.24, 2.45) is 5.73 Å². The smallest absolute Gasteiger partial charge is 0.212 e. The minimum absolute atomic E-state index is 0.130. The van der Waals surface area contributed by atoms with Crippen molar-refractivity contribution >= 4 is 0 Å². The monoisotopic (exact) mass is 139 g/mol. The first-order valence-corrected chi connectivity index (χ1v) is 3.27. The topological polar surface area (TPSA) is 63.9 Å². The molecule has 2 heterocycles. The number of nitrogens with one attached hydrogen (secondary N) is 1. The summed E-state index contributed by atoms with van der Waals surface area (Å²) in [6.45, 7) is 0.592. The molecule has 4 nitrogen and oxygen atoms in total. The van der Waals surface area contributed by atoms with E-state index in [-0.39, 0.29) is 6.04 Å². The van der Waals surface area contributed by atoms with Crippen molar-refractivity contribution in [1.29, 1.82) is 0 Å². The van der Waals surface area contributed by atoms with E-state index in [1.165, 1.54) is 0 Å². The molecule has 0 fully saturated rings. The molecule has 1 aromatic heterocycles. The third-order valence-corrected chi connectivity index (χ3v) is 1.60. The number of hydrogen-bond acceptors (Lipinski definition) is 3. The first kappa shape index (κ1) is 5.73. The highest BCUT2D eigenvalue weighted by Gasteiger charge is 2.17. The Morgan fingerprint density at radius 1 is 1.80 bits per heavy atom. The number of nitrogens with two attached hydrogens (primary N) is 1. The molecule has 0 saturated heterocycles. The van der Waals surface area contributed by atoms with Crippen LogP contribution in [0.4, 0.5) is 0 Å². The standard InChI is InChI=1S/C6H9N3O/c7-5-1-4-2-8-9-6(4)10-3-5/h2,5H,1,3,7H2,(H,8,9). The van der Waals surface area contributed by atoms with Crippen molar-refractivity contribution in [3.63, 3.8) is 0 Å². The van der Waals surface area contributed by atoms with Crippen LogP contribution in [0.25, 0.3) is 0 Å². The van der Waals surface area contributed by atoms with Gasteiger partial charge in [0.05, 0.1) is 6.20 Å². The van der Waals surface area contributed by atoms with E-state index in [1.54, 1.807) is 6.20 Å². The molecule has 0 saturated carbocycles. The van der Waals surface area contributed by atoms with Crippen molar-refractivity contribution < 1.29 is 4.74 Å². The number of ether oxygens (including phenoxy) is 1. The van der Waals surface area contributed by atoms with E-state index in [1.807, 2.05) is 0 Å². The summed E-state index contributed by atoms with van der Waals surface area (Å²) in [5.74, 6) is 0.779. The van der Waals surface area contributed by atoms with Crippen LogP contribution in [0, 0.1) is 0 Å². The second kappa shape index (κ2) is 1.98. The molecule has 4 heteroatoms. The lowest BCUT2D eigenvalue weighted by molar-refractivity contribution is 0.254. The second-order valence-corrected chi connectivity index (χ2v) is 2.50. The summed E-state index contributed by atoms with van der Waals surface area (Å²) in [6, 6.07) is 0.130. The summed E-state index contributed by atoms with van der Waals surface area (Å²) in [6.07, 6.45) is 2.63. The highest BCUT2D eigenvalue weighted by molar-refractivity contribution is 5.25. The Balaban J connectivity index is 2.30. The zero-order valence-electron chi connectivity index (χ0n) is 5.50. The predicted octanol–water partition coefficient (Wildman–Crippen LogP) is -0.328. The van der Waals surface area contributed by atoms with Gasteiger partial charge in [-0.2, -0.15) is 5.10 Å². The Morgan fingerprint density at radius 3 is 3.60 bits per heavy atom. The molecule has 54 valence electrons. The van der Waals surface area contributed by atoms with E-state index in [0.29, 0.717) is 6.61 Å². The average molecular weight is 139 g/mol. The summed E-state index contributed by atoms with van der Waals surface area (Å²) < 4.78 is 5.23. The average Bonchev–Trinajstić information content (AvgIpc) is 2.33. The molecule has 1 aliphatic rings. The summed E-state index contributed by atoms with van der Waals surface area (Å²) in [4.78, 5) is 0. The van der Waals surface area contributed by atoms with Crippen LogP contribution in [-0.2, 0) is 6.42 Å². The van der Waals surface area contributed by atoms with Crippen LogP contribution in [0.5, 0.6) is 5.88 Å². The van der Waals surface area contributed by atoms with Gasteiger partial charge < -0.3 is 10.5 Å². The van der Waals surface area contributed by atoms with Crippen LogP contribution >= 0.6 is 0 Å². The van der Waals surface area contributed by atoms with Crippen molar-refractivity contribution in [2.75, 3.05) is 6.61 Å². The SMILES string of the molecule is NC1COc2[nH]ncc2C1. The van der Waals surface area contributed by atoms with E-state index in [0.717, 1.165) is 17.9 Å². The normalized spacial score (nSPS) is 23.5. The molecular weight excluding hydrogens is 130 g/mol. The summed E-state index contributed by atoms with van der Waals surface area (Å²) in [5, 5.41) is 6.58. The van der Waals surface area contributed by atoms with Crippen molar-refractivity contribution in [3.8, 4) is 5.88 Å². The number of aromatic nitrogens is 2. The molecule has 0 bridgehead atoms. The number of H-pyrrole nitrogens is 1. The molecule has 2 rings (SSSR count). The fourth-order valence-corrected chi connectivity index (χ4v) is 1.10. The number of hydrogen-bond donors (Lipinski definition) is 2. The number of rotatable bonds is 0. The molecule has 0 radical (unpaired) electrons. The van der Waals surface area contributed by atoms with Crippen LogP contribution in [0.1, 0.15) is 5.56 Å². The maximum absolute atomic E-state index is 5.64. The Labute approximate surface area is 58.4 Å². The fourth-order valence-electron chi connectivity index (χ4n) is 1.10. The molecule has 1 atom stereocenters. The lowest BCUT2D eigenvalue weighted by Gasteiger charge is -2.17. The molecule has 1 aromatic rings. The molecular formula is C6H9N3O. The van der Waals surface area contributed by atoms with Crippen LogP contribution < -0.4 is 10.5 Å². The van der Waals surface area contributed by atoms with Crippen LogP contribution in [0.15, 0.2) is 6.20 Å². The number of fused-ring (bicyclic) bond motifs is 1. The molecule has 0 amide bonds. The highest BCUT2D eigenvalue weighted by Crippen LogP contribution is 2.19. The molecule has 0 aromatic carbocycles. The minimum atomic E-state index is 0.130. The Hall–Kier alpha value is -1.03. The van der Waals surface area contributed by atoms with Crippen molar-refractivity contribution in [3.05, 3.63) is 11.8 Å². The van der Waals surface area contributed by atoms with Gasteiger partial charge in [0.2, 0.25) is 5.88 Å². The predicted molar refractivity (Wildman–Crippen MR) is 35.8 cm³/mol. The zero-order chi connectivity index (χ0) is 6.97. The van der Waals surface area contributed by atoms with Gasteiger partial charge in [-0.3, -0.25) is 0 Å². The first-order valence-electron chi connectivity index (χ1n) is 3.27. The highest BCUT2D eigenvalue weighted by atomic mass is 16.5. The van der Waals surface area contributed by atoms with E-state index < -0.39 is 0 Å². The van der Waals surface area contributed by atoms with Crippen LogP contribution in [-0.4, -0.2) is 22.8 Å². The van der Waals surface area contributed by atoms with Gasteiger partial charge in [-0.15, -0.1) is 0 Å². The quantitative estimate of drug-likeness (QED) is 0.517. The lowest BCUT2D eigenvalue weighted by Crippen LogP contribution is -2.33. The molecule has 1 aliphatic heterocycles. The summed E-state index contributed by atoms with van der Waals surface area (Å²) >= 11 is 0. The zero-order valence-corrected chi connectivity index (χ0v) is 5.50. The van der Waals surface area contributed by atoms with Crippen molar-refractivity contribution in [2.45, 2.75) is 12.5 Å². The number of aromatic amines is 1. The third-order valence-electron chi connectivity index (χ3n) is 1.60. The second-order valence-electron chi connectivity index (χ2n) is 2.50. The van der Waals surface area contributed by atoms with Gasteiger partial charge in [-0.1, -0.05) is 0 Å². The van der Waals surface area contributed by atoms with Gasteiger partial charge in [-0.05, 0) is 6.42 Å².